The predicted molar refractivity (Wildman–Crippen MR) is 214 cm³/mol. The Balaban J connectivity index is 0.781. The molecule has 5 amide bonds. The van der Waals surface area contributed by atoms with Crippen LogP contribution in [0.15, 0.2) is 48.7 Å². The van der Waals surface area contributed by atoms with E-state index in [4.69, 9.17) is 5.10 Å². The molecule has 2 aromatic heterocycles. The van der Waals surface area contributed by atoms with Crippen molar-refractivity contribution in [1.29, 1.82) is 0 Å². The lowest BCUT2D eigenvalue weighted by atomic mass is 9.89. The first-order valence-corrected chi connectivity index (χ1v) is 21.0. The maximum Gasteiger partial charge on any atom is 0.433 e. The highest BCUT2D eigenvalue weighted by Gasteiger charge is 2.40. The molecule has 2 aliphatic carbocycles. The summed E-state index contributed by atoms with van der Waals surface area (Å²) in [7, 11) is 0. The molecule has 3 saturated heterocycles. The number of alkyl halides is 3. The fraction of sp³-hybridized carbons (Fsp3) is 0.465. The summed E-state index contributed by atoms with van der Waals surface area (Å²) in [6, 6.07) is 9.05. The molecule has 0 spiro atoms. The number of benzene rings is 2. The van der Waals surface area contributed by atoms with Crippen LogP contribution in [0.5, 0.6) is 0 Å². The van der Waals surface area contributed by atoms with Crippen LogP contribution in [0, 0.1) is 17.6 Å². The Morgan fingerprint density at radius 1 is 0.823 bits per heavy atom. The normalized spacial score (nSPS) is 22.6. The molecule has 2 aromatic carbocycles. The molecule has 0 bridgehead atoms. The van der Waals surface area contributed by atoms with Gasteiger partial charge < -0.3 is 20.4 Å². The molecule has 1 atom stereocenters. The van der Waals surface area contributed by atoms with Gasteiger partial charge in [-0.3, -0.25) is 38.9 Å². The number of pyridine rings is 1. The molecular weight excluding hydrogens is 818 g/mol. The minimum atomic E-state index is -4.73. The first kappa shape index (κ1) is 41.4. The van der Waals surface area contributed by atoms with Crippen LogP contribution in [-0.4, -0.2) is 105 Å². The van der Waals surface area contributed by atoms with Gasteiger partial charge in [-0.25, -0.2) is 13.8 Å². The molecule has 5 aliphatic rings. The number of carbonyl (C=O) groups excluding carboxylic acids is 5. The second kappa shape index (κ2) is 16.4. The molecular formula is C43H44F5N9O5. The van der Waals surface area contributed by atoms with E-state index in [1.54, 1.807) is 17.0 Å². The molecule has 3 N–H and O–H groups in total. The van der Waals surface area contributed by atoms with Crippen molar-refractivity contribution in [2.24, 2.45) is 5.92 Å². The van der Waals surface area contributed by atoms with Crippen LogP contribution in [0.2, 0.25) is 0 Å². The smallest absolute Gasteiger partial charge is 0.370 e. The Kier molecular flexibility index (Phi) is 10.9. The number of nitrogens with one attached hydrogen (secondary N) is 3. The number of amides is 5. The van der Waals surface area contributed by atoms with Gasteiger partial charge in [-0.2, -0.15) is 18.3 Å². The van der Waals surface area contributed by atoms with Gasteiger partial charge in [0.25, 0.3) is 11.8 Å². The number of carbonyl (C=O) groups is 5. The fourth-order valence-corrected chi connectivity index (χ4v) is 9.12. The van der Waals surface area contributed by atoms with Gasteiger partial charge in [0.2, 0.25) is 17.7 Å². The number of halogens is 5. The van der Waals surface area contributed by atoms with E-state index in [9.17, 15) is 37.1 Å². The topological polar surface area (TPSA) is 162 Å². The van der Waals surface area contributed by atoms with Crippen molar-refractivity contribution in [2.75, 3.05) is 49.5 Å². The van der Waals surface area contributed by atoms with Crippen LogP contribution in [0.4, 0.5) is 33.3 Å². The number of rotatable bonds is 9. The van der Waals surface area contributed by atoms with Crippen molar-refractivity contribution in [3.63, 3.8) is 0 Å². The number of anilines is 2. The van der Waals surface area contributed by atoms with Crippen LogP contribution >= 0.6 is 0 Å². The van der Waals surface area contributed by atoms with Gasteiger partial charge in [-0.1, -0.05) is 6.07 Å². The van der Waals surface area contributed by atoms with Crippen molar-refractivity contribution in [3.8, 4) is 0 Å². The lowest BCUT2D eigenvalue weighted by Crippen LogP contribution is -2.59. The summed E-state index contributed by atoms with van der Waals surface area (Å²) in [6.07, 6.45) is 2.31. The minimum absolute atomic E-state index is 0.00574. The van der Waals surface area contributed by atoms with Gasteiger partial charge in [0.05, 0.1) is 34.6 Å². The maximum atomic E-state index is 15.1. The number of nitrogens with zero attached hydrogens (tertiary/aromatic N) is 6. The number of piperazine rings is 1. The zero-order valence-electron chi connectivity index (χ0n) is 33.5. The SMILES string of the molecule is O=C1CC[C@H](c2c(F)cc(N3CC(C(=O)N4CCN(C5CCC(n6cc7cc(NC(=O)c8cccc(C(F)(F)F)n8)c(C(=O)NC8CC8)cc7n6)CC5)CC4)C3)cc2F)C(=O)N1. The predicted octanol–water partition coefficient (Wildman–Crippen LogP) is 5.16. The molecule has 0 radical (unpaired) electrons. The van der Waals surface area contributed by atoms with E-state index in [0.29, 0.717) is 48.8 Å². The number of hydrogen-bond acceptors (Lipinski definition) is 9. The summed E-state index contributed by atoms with van der Waals surface area (Å²) in [5.41, 5.74) is -0.861. The van der Waals surface area contributed by atoms with Crippen LogP contribution in [0.1, 0.15) is 95.4 Å². The molecule has 62 heavy (non-hydrogen) atoms. The number of imide groups is 1. The monoisotopic (exact) mass is 861 g/mol. The first-order chi connectivity index (χ1) is 29.7. The fourth-order valence-electron chi connectivity index (χ4n) is 9.12. The van der Waals surface area contributed by atoms with E-state index < -0.39 is 58.7 Å². The zero-order chi connectivity index (χ0) is 43.4. The third kappa shape index (κ3) is 8.45. The summed E-state index contributed by atoms with van der Waals surface area (Å²) < 4.78 is 72.0. The Hall–Kier alpha value is -5.98. The summed E-state index contributed by atoms with van der Waals surface area (Å²) in [4.78, 5) is 73.1. The molecule has 5 heterocycles. The molecule has 4 aromatic rings. The summed E-state index contributed by atoms with van der Waals surface area (Å²) >= 11 is 0. The lowest BCUT2D eigenvalue weighted by Gasteiger charge is -2.45. The molecule has 326 valence electrons. The third-order valence-electron chi connectivity index (χ3n) is 12.8. The summed E-state index contributed by atoms with van der Waals surface area (Å²) in [6.45, 7) is 3.23. The van der Waals surface area contributed by atoms with Crippen molar-refractivity contribution in [2.45, 2.75) is 81.6 Å². The van der Waals surface area contributed by atoms with Crippen molar-refractivity contribution >= 4 is 51.8 Å². The van der Waals surface area contributed by atoms with Gasteiger partial charge in [0, 0.05) is 80.6 Å². The molecule has 14 nitrogen and oxygen atoms in total. The van der Waals surface area contributed by atoms with Crippen LogP contribution in [0.3, 0.4) is 0 Å². The van der Waals surface area contributed by atoms with Gasteiger partial charge in [0.15, 0.2) is 0 Å². The van der Waals surface area contributed by atoms with Crippen molar-refractivity contribution < 1.29 is 45.9 Å². The Morgan fingerprint density at radius 2 is 1.52 bits per heavy atom. The Labute approximate surface area is 352 Å². The maximum absolute atomic E-state index is 15.1. The van der Waals surface area contributed by atoms with E-state index in [-0.39, 0.29) is 53.6 Å². The highest BCUT2D eigenvalue weighted by molar-refractivity contribution is 6.10. The minimum Gasteiger partial charge on any atom is -0.370 e. The number of aromatic nitrogens is 3. The quantitative estimate of drug-likeness (QED) is 0.153. The van der Waals surface area contributed by atoms with E-state index in [0.717, 1.165) is 63.7 Å². The van der Waals surface area contributed by atoms with Gasteiger partial charge in [-0.05, 0) is 81.3 Å². The second-order valence-electron chi connectivity index (χ2n) is 16.9. The van der Waals surface area contributed by atoms with E-state index >= 15 is 8.78 Å². The lowest BCUT2D eigenvalue weighted by molar-refractivity contribution is -0.141. The number of fused-ring (bicyclic) bond motifs is 1. The van der Waals surface area contributed by atoms with Gasteiger partial charge >= 0.3 is 6.18 Å². The average molecular weight is 862 g/mol. The highest BCUT2D eigenvalue weighted by atomic mass is 19.4. The Bertz CT molecular complexity index is 2430. The van der Waals surface area contributed by atoms with E-state index in [1.165, 1.54) is 18.2 Å². The third-order valence-corrected chi connectivity index (χ3v) is 12.8. The zero-order valence-corrected chi connectivity index (χ0v) is 33.5. The molecule has 19 heteroatoms. The van der Waals surface area contributed by atoms with Gasteiger partial charge in [0.1, 0.15) is 23.0 Å². The molecule has 2 saturated carbocycles. The number of piperidine rings is 1. The Morgan fingerprint density at radius 3 is 2.18 bits per heavy atom. The molecule has 5 fully saturated rings. The molecule has 9 rings (SSSR count). The van der Waals surface area contributed by atoms with E-state index in [2.05, 4.69) is 25.8 Å². The van der Waals surface area contributed by atoms with E-state index in [1.807, 2.05) is 15.8 Å². The average Bonchev–Trinajstić information content (AvgIpc) is 3.95. The van der Waals surface area contributed by atoms with Gasteiger partial charge in [-0.15, -0.1) is 0 Å². The van der Waals surface area contributed by atoms with Crippen molar-refractivity contribution in [3.05, 3.63) is 82.8 Å². The highest BCUT2D eigenvalue weighted by Crippen LogP contribution is 2.37. The second-order valence-corrected chi connectivity index (χ2v) is 16.9. The summed E-state index contributed by atoms with van der Waals surface area (Å²) in [5.74, 6) is -5.56. The van der Waals surface area contributed by atoms with Crippen LogP contribution in [0.25, 0.3) is 10.9 Å². The van der Waals surface area contributed by atoms with Crippen molar-refractivity contribution in [1.82, 2.24) is 35.2 Å². The molecule has 3 aliphatic heterocycles. The van der Waals surface area contributed by atoms with Crippen LogP contribution in [-0.2, 0) is 20.6 Å². The largest absolute Gasteiger partial charge is 0.433 e. The van der Waals surface area contributed by atoms with Crippen LogP contribution < -0.4 is 20.9 Å². The molecule has 0 unspecified atom stereocenters. The number of hydrogen-bond donors (Lipinski definition) is 3. The standard InChI is InChI=1S/C43H44F5N9O5/c44-31-17-28(18-32(45)38(31)29-10-11-37(58)52-39(29)59)56-20-24(21-56)42(62)55-14-12-54(13-15-55)26-6-8-27(9-7-26)57-22-23-16-35(30(19-34(23)53-57)40(60)49-25-4-5-25)51-41(61)33-2-1-3-36(50-33)43(46,47)48/h1-3,16-19,22,24-27,29H,4-15,20-21H2,(H,49,60)(H,51,61)(H,52,58,59)/t26?,27?,29-/m1/s1. The summed E-state index contributed by atoms with van der Waals surface area (Å²) in [5, 5.41) is 13.1. The first-order valence-electron chi connectivity index (χ1n) is 21.0.